The smallest absolute Gasteiger partial charge is 0.341 e. The summed E-state index contributed by atoms with van der Waals surface area (Å²) in [6, 6.07) is 11.9. The quantitative estimate of drug-likeness (QED) is 0.531. The molecule has 0 amide bonds. The number of nitriles is 1. The van der Waals surface area contributed by atoms with Crippen molar-refractivity contribution in [2.45, 2.75) is 12.8 Å². The summed E-state index contributed by atoms with van der Waals surface area (Å²) in [6.45, 7) is -1.38. The standard InChI is InChI=1S/C21H17NO8/c22-10-13-1-3-14(4-2-13)16(23)6-7-17(24)15-5-8-18(29-11-20(25)26)19(9-15)30-12-21(27)28/h1-5,8-9H,6-7,11-12H2,(H,25,26)(H,27,28). The second-order valence-electron chi connectivity index (χ2n) is 6.06. The minimum Gasteiger partial charge on any atom is -0.479 e. The molecule has 0 bridgehead atoms. The van der Waals surface area contributed by atoms with Gasteiger partial charge in [0.15, 0.2) is 36.3 Å². The number of carbonyl (C=O) groups is 4. The van der Waals surface area contributed by atoms with Crippen LogP contribution in [-0.2, 0) is 9.59 Å². The molecule has 0 fully saturated rings. The van der Waals surface area contributed by atoms with E-state index in [4.69, 9.17) is 24.9 Å². The molecule has 0 heterocycles. The molecule has 0 saturated heterocycles. The second kappa shape index (κ2) is 10.4. The van der Waals surface area contributed by atoms with Gasteiger partial charge in [0.05, 0.1) is 11.6 Å². The fraction of sp³-hybridized carbons (Fsp3) is 0.190. The van der Waals surface area contributed by atoms with E-state index < -0.39 is 25.2 Å². The molecule has 0 aliphatic rings. The molecule has 0 aromatic heterocycles. The molecular weight excluding hydrogens is 394 g/mol. The molecule has 9 heteroatoms. The monoisotopic (exact) mass is 411 g/mol. The summed E-state index contributed by atoms with van der Waals surface area (Å²) in [6.07, 6.45) is -0.167. The first-order valence-electron chi connectivity index (χ1n) is 8.70. The lowest BCUT2D eigenvalue weighted by Crippen LogP contribution is -2.13. The van der Waals surface area contributed by atoms with Crippen molar-refractivity contribution in [3.63, 3.8) is 0 Å². The Morgan fingerprint density at radius 1 is 0.767 bits per heavy atom. The lowest BCUT2D eigenvalue weighted by molar-refractivity contribution is -0.140. The predicted octanol–water partition coefficient (Wildman–Crippen LogP) is 2.33. The number of benzene rings is 2. The van der Waals surface area contributed by atoms with E-state index in [1.165, 1.54) is 42.5 Å². The van der Waals surface area contributed by atoms with Crippen molar-refractivity contribution in [1.29, 1.82) is 5.26 Å². The first-order valence-corrected chi connectivity index (χ1v) is 8.70. The number of nitrogens with zero attached hydrogens (tertiary/aromatic N) is 1. The van der Waals surface area contributed by atoms with E-state index in [0.29, 0.717) is 11.1 Å². The van der Waals surface area contributed by atoms with Crippen LogP contribution < -0.4 is 9.47 Å². The van der Waals surface area contributed by atoms with Gasteiger partial charge in [-0.15, -0.1) is 0 Å². The fourth-order valence-corrected chi connectivity index (χ4v) is 2.44. The molecule has 0 atom stereocenters. The van der Waals surface area contributed by atoms with E-state index >= 15 is 0 Å². The summed E-state index contributed by atoms with van der Waals surface area (Å²) in [4.78, 5) is 46.1. The van der Waals surface area contributed by atoms with E-state index in [9.17, 15) is 19.2 Å². The van der Waals surface area contributed by atoms with Crippen LogP contribution in [0.15, 0.2) is 42.5 Å². The Morgan fingerprint density at radius 3 is 1.80 bits per heavy atom. The van der Waals surface area contributed by atoms with Crippen molar-refractivity contribution in [1.82, 2.24) is 0 Å². The van der Waals surface area contributed by atoms with Crippen molar-refractivity contribution >= 4 is 23.5 Å². The van der Waals surface area contributed by atoms with Gasteiger partial charge in [-0.3, -0.25) is 9.59 Å². The predicted molar refractivity (Wildman–Crippen MR) is 102 cm³/mol. The third-order valence-electron chi connectivity index (χ3n) is 3.88. The SMILES string of the molecule is N#Cc1ccc(C(=O)CCC(=O)c2ccc(OCC(=O)O)c(OCC(=O)O)c2)cc1. The summed E-state index contributed by atoms with van der Waals surface area (Å²) < 4.78 is 10.1. The highest BCUT2D eigenvalue weighted by Crippen LogP contribution is 2.29. The Balaban J connectivity index is 2.08. The maximum absolute atomic E-state index is 12.4. The molecule has 0 unspecified atom stereocenters. The third-order valence-corrected chi connectivity index (χ3v) is 3.88. The van der Waals surface area contributed by atoms with Crippen LogP contribution in [0.2, 0.25) is 0 Å². The number of aliphatic carboxylic acids is 2. The molecule has 9 nitrogen and oxygen atoms in total. The normalized spacial score (nSPS) is 9.97. The van der Waals surface area contributed by atoms with Crippen LogP contribution in [0.5, 0.6) is 11.5 Å². The lowest BCUT2D eigenvalue weighted by Gasteiger charge is -2.12. The number of hydrogen-bond donors (Lipinski definition) is 2. The minimum atomic E-state index is -1.26. The Bertz CT molecular complexity index is 1000. The van der Waals surface area contributed by atoms with Crippen molar-refractivity contribution in [2.75, 3.05) is 13.2 Å². The van der Waals surface area contributed by atoms with E-state index in [2.05, 4.69) is 0 Å². The summed E-state index contributed by atoms with van der Waals surface area (Å²) in [5.41, 5.74) is 0.956. The molecule has 30 heavy (non-hydrogen) atoms. The van der Waals surface area contributed by atoms with Crippen LogP contribution in [-0.4, -0.2) is 46.9 Å². The molecule has 0 radical (unpaired) electrons. The van der Waals surface area contributed by atoms with Crippen LogP contribution in [0.4, 0.5) is 0 Å². The van der Waals surface area contributed by atoms with Gasteiger partial charge in [-0.05, 0) is 30.3 Å². The summed E-state index contributed by atoms with van der Waals surface area (Å²) in [5, 5.41) is 26.3. The van der Waals surface area contributed by atoms with Gasteiger partial charge in [-0.2, -0.15) is 5.26 Å². The van der Waals surface area contributed by atoms with Crippen molar-refractivity contribution in [3.8, 4) is 17.6 Å². The Morgan fingerprint density at radius 2 is 1.27 bits per heavy atom. The first kappa shape index (κ1) is 22.1. The van der Waals surface area contributed by atoms with Gasteiger partial charge < -0.3 is 19.7 Å². The van der Waals surface area contributed by atoms with Gasteiger partial charge in [0.2, 0.25) is 0 Å². The van der Waals surface area contributed by atoms with Gasteiger partial charge in [-0.25, -0.2) is 9.59 Å². The van der Waals surface area contributed by atoms with Crippen LogP contribution >= 0.6 is 0 Å². The average Bonchev–Trinajstić information content (AvgIpc) is 2.74. The summed E-state index contributed by atoms with van der Waals surface area (Å²) in [7, 11) is 0. The number of ketones is 2. The van der Waals surface area contributed by atoms with Gasteiger partial charge in [-0.1, -0.05) is 12.1 Å². The molecule has 0 saturated carbocycles. The van der Waals surface area contributed by atoms with Crippen molar-refractivity contribution < 1.29 is 38.9 Å². The van der Waals surface area contributed by atoms with Crippen molar-refractivity contribution in [2.24, 2.45) is 0 Å². The lowest BCUT2D eigenvalue weighted by atomic mass is 10.0. The van der Waals surface area contributed by atoms with Crippen LogP contribution in [0.25, 0.3) is 0 Å². The zero-order valence-electron chi connectivity index (χ0n) is 15.7. The third kappa shape index (κ3) is 6.45. The number of hydrogen-bond acceptors (Lipinski definition) is 7. The highest BCUT2D eigenvalue weighted by atomic mass is 16.5. The molecule has 154 valence electrons. The van der Waals surface area contributed by atoms with Gasteiger partial charge in [0.1, 0.15) is 0 Å². The van der Waals surface area contributed by atoms with Gasteiger partial charge in [0.25, 0.3) is 0 Å². The van der Waals surface area contributed by atoms with Crippen LogP contribution in [0, 0.1) is 11.3 Å². The molecule has 2 N–H and O–H groups in total. The Kier molecular flexibility index (Phi) is 7.65. The van der Waals surface area contributed by atoms with E-state index in [1.807, 2.05) is 6.07 Å². The van der Waals surface area contributed by atoms with E-state index in [1.54, 1.807) is 0 Å². The Labute approximate surface area is 171 Å². The van der Waals surface area contributed by atoms with E-state index in [0.717, 1.165) is 0 Å². The number of Topliss-reactive ketones (excluding diaryl/α,β-unsaturated/α-hetero) is 2. The van der Waals surface area contributed by atoms with Crippen LogP contribution in [0.1, 0.15) is 39.1 Å². The number of carbonyl (C=O) groups excluding carboxylic acids is 2. The molecule has 0 aliphatic heterocycles. The maximum atomic E-state index is 12.4. The largest absolute Gasteiger partial charge is 0.479 e. The molecule has 2 aromatic rings. The summed E-state index contributed by atoms with van der Waals surface area (Å²) in [5.74, 6) is -3.27. The fourth-order valence-electron chi connectivity index (χ4n) is 2.44. The molecule has 2 rings (SSSR count). The minimum absolute atomic E-state index is 0.0242. The second-order valence-corrected chi connectivity index (χ2v) is 6.06. The number of carboxylic acid groups (broad SMARTS) is 2. The van der Waals surface area contributed by atoms with E-state index in [-0.39, 0.29) is 41.5 Å². The van der Waals surface area contributed by atoms with Crippen LogP contribution in [0.3, 0.4) is 0 Å². The van der Waals surface area contributed by atoms with Gasteiger partial charge >= 0.3 is 11.9 Å². The number of ether oxygens (including phenoxy) is 2. The molecule has 0 aliphatic carbocycles. The molecule has 2 aromatic carbocycles. The zero-order chi connectivity index (χ0) is 22.1. The average molecular weight is 411 g/mol. The maximum Gasteiger partial charge on any atom is 0.341 e. The van der Waals surface area contributed by atoms with Gasteiger partial charge in [0, 0.05) is 24.0 Å². The number of rotatable bonds is 11. The van der Waals surface area contributed by atoms with Crippen molar-refractivity contribution in [3.05, 3.63) is 59.2 Å². The highest BCUT2D eigenvalue weighted by molar-refractivity contribution is 6.02. The topological polar surface area (TPSA) is 151 Å². The number of carboxylic acids is 2. The molecular formula is C21H17NO8. The Hall–Kier alpha value is -4.19. The molecule has 0 spiro atoms. The zero-order valence-corrected chi connectivity index (χ0v) is 15.7. The summed E-state index contributed by atoms with van der Waals surface area (Å²) >= 11 is 0. The highest BCUT2D eigenvalue weighted by Gasteiger charge is 2.16. The first-order chi connectivity index (χ1) is 14.3.